The summed E-state index contributed by atoms with van der Waals surface area (Å²) in [6, 6.07) is 4.47. The zero-order chi connectivity index (χ0) is 13.7. The molecule has 0 bridgehead atoms. The Hall–Kier alpha value is -1.66. The van der Waals surface area contributed by atoms with Gasteiger partial charge in [-0.3, -0.25) is 14.9 Å². The summed E-state index contributed by atoms with van der Waals surface area (Å²) in [5.41, 5.74) is 0.349. The van der Waals surface area contributed by atoms with Gasteiger partial charge in [0.1, 0.15) is 0 Å². The summed E-state index contributed by atoms with van der Waals surface area (Å²) in [6.45, 7) is 0.543. The maximum absolute atomic E-state index is 10.9. The molecule has 0 radical (unpaired) electrons. The van der Waals surface area contributed by atoms with Crippen LogP contribution >= 0.6 is 11.6 Å². The van der Waals surface area contributed by atoms with Crippen molar-refractivity contribution in [1.29, 1.82) is 0 Å². The molecule has 0 fully saturated rings. The van der Waals surface area contributed by atoms with E-state index in [4.69, 9.17) is 16.7 Å². The van der Waals surface area contributed by atoms with Gasteiger partial charge in [0, 0.05) is 19.2 Å². The van der Waals surface area contributed by atoms with Crippen LogP contribution in [0.15, 0.2) is 18.2 Å². The Bertz CT molecular complexity index is 464. The summed E-state index contributed by atoms with van der Waals surface area (Å²) < 4.78 is 0. The molecule has 0 saturated heterocycles. The van der Waals surface area contributed by atoms with E-state index in [-0.39, 0.29) is 18.7 Å². The largest absolute Gasteiger partial charge is 0.481 e. The lowest BCUT2D eigenvalue weighted by atomic mass is 10.1. The van der Waals surface area contributed by atoms with Gasteiger partial charge < -0.3 is 10.0 Å². The molecule has 0 aliphatic rings. The molecule has 0 spiro atoms. The van der Waals surface area contributed by atoms with Gasteiger partial charge in [-0.2, -0.15) is 0 Å². The SMILES string of the molecule is CN(CCC(=O)O)Cc1c(Cl)cccc1[N+](=O)[O-]. The fourth-order valence-electron chi connectivity index (χ4n) is 1.51. The number of carboxylic acids is 1. The average Bonchev–Trinajstić information content (AvgIpc) is 2.28. The highest BCUT2D eigenvalue weighted by atomic mass is 35.5. The smallest absolute Gasteiger partial charge is 0.304 e. The molecule has 0 aliphatic heterocycles. The van der Waals surface area contributed by atoms with E-state index in [1.165, 1.54) is 12.1 Å². The predicted molar refractivity (Wildman–Crippen MR) is 66.7 cm³/mol. The van der Waals surface area contributed by atoms with E-state index in [1.807, 2.05) is 0 Å². The van der Waals surface area contributed by atoms with Gasteiger partial charge in [0.2, 0.25) is 0 Å². The molecule has 18 heavy (non-hydrogen) atoms. The number of nitro groups is 1. The van der Waals surface area contributed by atoms with Crippen molar-refractivity contribution in [1.82, 2.24) is 4.90 Å². The molecule has 0 aliphatic carbocycles. The maximum Gasteiger partial charge on any atom is 0.304 e. The quantitative estimate of drug-likeness (QED) is 0.634. The van der Waals surface area contributed by atoms with Crippen LogP contribution in [0.5, 0.6) is 0 Å². The van der Waals surface area contributed by atoms with Crippen LogP contribution in [0, 0.1) is 10.1 Å². The van der Waals surface area contributed by atoms with Crippen LogP contribution in [0.3, 0.4) is 0 Å². The van der Waals surface area contributed by atoms with E-state index in [1.54, 1.807) is 18.0 Å². The Morgan fingerprint density at radius 2 is 2.22 bits per heavy atom. The van der Waals surface area contributed by atoms with Crippen LogP contribution < -0.4 is 0 Å². The predicted octanol–water partition coefficient (Wildman–Crippen LogP) is 2.15. The third-order valence-electron chi connectivity index (χ3n) is 2.43. The molecule has 1 aromatic carbocycles. The number of nitro benzene ring substituents is 1. The van der Waals surface area contributed by atoms with Crippen LogP contribution in [0.25, 0.3) is 0 Å². The van der Waals surface area contributed by atoms with E-state index < -0.39 is 10.9 Å². The summed E-state index contributed by atoms with van der Waals surface area (Å²) in [4.78, 5) is 22.5. The van der Waals surface area contributed by atoms with Crippen LogP contribution in [-0.2, 0) is 11.3 Å². The lowest BCUT2D eigenvalue weighted by molar-refractivity contribution is -0.385. The van der Waals surface area contributed by atoms with Crippen molar-refractivity contribution < 1.29 is 14.8 Å². The van der Waals surface area contributed by atoms with Crippen molar-refractivity contribution >= 4 is 23.3 Å². The standard InChI is InChI=1S/C11H13ClN2O4/c1-13(6-5-11(15)16)7-8-9(12)3-2-4-10(8)14(17)18/h2-4H,5-7H2,1H3,(H,15,16). The van der Waals surface area contributed by atoms with Gasteiger partial charge >= 0.3 is 5.97 Å². The number of rotatable bonds is 6. The molecule has 0 unspecified atom stereocenters. The van der Waals surface area contributed by atoms with E-state index in [2.05, 4.69) is 0 Å². The van der Waals surface area contributed by atoms with Crippen molar-refractivity contribution in [2.75, 3.05) is 13.6 Å². The normalized spacial score (nSPS) is 10.6. The second-order valence-corrected chi connectivity index (χ2v) is 4.28. The minimum absolute atomic E-state index is 0.0191. The number of benzene rings is 1. The number of carbonyl (C=O) groups is 1. The maximum atomic E-state index is 10.9. The molecular formula is C11H13ClN2O4. The zero-order valence-corrected chi connectivity index (χ0v) is 10.6. The molecule has 0 heterocycles. The second-order valence-electron chi connectivity index (χ2n) is 3.88. The molecule has 0 saturated carbocycles. The minimum atomic E-state index is -0.907. The monoisotopic (exact) mass is 272 g/mol. The summed E-state index contributed by atoms with van der Waals surface area (Å²) in [5, 5.41) is 19.7. The van der Waals surface area contributed by atoms with Gasteiger partial charge in [0.25, 0.3) is 5.69 Å². The zero-order valence-electron chi connectivity index (χ0n) is 9.80. The minimum Gasteiger partial charge on any atom is -0.481 e. The number of carboxylic acid groups (broad SMARTS) is 1. The lowest BCUT2D eigenvalue weighted by Crippen LogP contribution is -2.22. The molecule has 1 rings (SSSR count). The van der Waals surface area contributed by atoms with Gasteiger partial charge in [-0.1, -0.05) is 17.7 Å². The van der Waals surface area contributed by atoms with E-state index in [0.29, 0.717) is 17.1 Å². The number of nitrogens with zero attached hydrogens (tertiary/aromatic N) is 2. The van der Waals surface area contributed by atoms with Crippen molar-refractivity contribution in [2.45, 2.75) is 13.0 Å². The first kappa shape index (κ1) is 14.4. The first-order chi connectivity index (χ1) is 8.41. The first-order valence-corrected chi connectivity index (χ1v) is 5.61. The molecule has 6 nitrogen and oxygen atoms in total. The van der Waals surface area contributed by atoms with Crippen molar-refractivity contribution in [3.05, 3.63) is 38.9 Å². The lowest BCUT2D eigenvalue weighted by Gasteiger charge is -2.16. The molecule has 7 heteroatoms. The highest BCUT2D eigenvalue weighted by molar-refractivity contribution is 6.31. The molecule has 1 aromatic rings. The molecule has 1 N–H and O–H groups in total. The number of hydrogen-bond acceptors (Lipinski definition) is 4. The molecule has 0 aromatic heterocycles. The van der Waals surface area contributed by atoms with Gasteiger partial charge in [0.05, 0.1) is 21.9 Å². The summed E-state index contributed by atoms with van der Waals surface area (Å²) in [6.07, 6.45) is -0.0191. The highest BCUT2D eigenvalue weighted by Gasteiger charge is 2.18. The van der Waals surface area contributed by atoms with Gasteiger partial charge in [-0.25, -0.2) is 0 Å². The van der Waals surface area contributed by atoms with E-state index in [0.717, 1.165) is 0 Å². The Labute approximate surface area is 109 Å². The molecule has 0 amide bonds. The number of aliphatic carboxylic acids is 1. The summed E-state index contributed by atoms with van der Waals surface area (Å²) >= 11 is 5.93. The fourth-order valence-corrected chi connectivity index (χ4v) is 1.74. The Kier molecular flexibility index (Phi) is 5.06. The fraction of sp³-hybridized carbons (Fsp3) is 0.364. The Morgan fingerprint density at radius 1 is 1.56 bits per heavy atom. The number of hydrogen-bond donors (Lipinski definition) is 1. The highest BCUT2D eigenvalue weighted by Crippen LogP contribution is 2.27. The topological polar surface area (TPSA) is 83.7 Å². The van der Waals surface area contributed by atoms with Crippen LogP contribution in [0.4, 0.5) is 5.69 Å². The second kappa shape index (κ2) is 6.32. The number of halogens is 1. The summed E-state index contributed by atoms with van der Waals surface area (Å²) in [5.74, 6) is -0.907. The van der Waals surface area contributed by atoms with E-state index in [9.17, 15) is 14.9 Å². The molecule has 98 valence electrons. The van der Waals surface area contributed by atoms with Crippen LogP contribution in [0.2, 0.25) is 5.02 Å². The van der Waals surface area contributed by atoms with Gasteiger partial charge in [0.15, 0.2) is 0 Å². The average molecular weight is 273 g/mol. The Balaban J connectivity index is 2.83. The Morgan fingerprint density at radius 3 is 2.78 bits per heavy atom. The first-order valence-electron chi connectivity index (χ1n) is 5.24. The third-order valence-corrected chi connectivity index (χ3v) is 2.78. The third kappa shape index (κ3) is 3.97. The van der Waals surface area contributed by atoms with Crippen LogP contribution in [0.1, 0.15) is 12.0 Å². The van der Waals surface area contributed by atoms with Crippen molar-refractivity contribution in [3.63, 3.8) is 0 Å². The van der Waals surface area contributed by atoms with Gasteiger partial charge in [-0.05, 0) is 13.1 Å². The molecular weight excluding hydrogens is 260 g/mol. The van der Waals surface area contributed by atoms with Crippen molar-refractivity contribution in [3.8, 4) is 0 Å². The van der Waals surface area contributed by atoms with E-state index >= 15 is 0 Å². The summed E-state index contributed by atoms with van der Waals surface area (Å²) in [7, 11) is 1.69. The van der Waals surface area contributed by atoms with Crippen LogP contribution in [-0.4, -0.2) is 34.5 Å². The molecule has 0 atom stereocenters. The van der Waals surface area contributed by atoms with Crippen molar-refractivity contribution in [2.24, 2.45) is 0 Å². The van der Waals surface area contributed by atoms with Gasteiger partial charge in [-0.15, -0.1) is 0 Å².